The molecule has 2 aliphatic rings. The maximum absolute atomic E-state index is 12.6. The van der Waals surface area contributed by atoms with Crippen LogP contribution in [0.4, 0.5) is 0 Å². The first-order chi connectivity index (χ1) is 12.7. The molecule has 26 heavy (non-hydrogen) atoms. The van der Waals surface area contributed by atoms with Gasteiger partial charge in [0, 0.05) is 44.3 Å². The molecule has 0 spiro atoms. The van der Waals surface area contributed by atoms with Gasteiger partial charge in [-0.15, -0.1) is 0 Å². The Balaban J connectivity index is 1.49. The summed E-state index contributed by atoms with van der Waals surface area (Å²) in [6, 6.07) is 1.65. The number of aromatic nitrogens is 4. The lowest BCUT2D eigenvalue weighted by Crippen LogP contribution is -2.46. The minimum atomic E-state index is -0.199. The van der Waals surface area contributed by atoms with Gasteiger partial charge in [-0.05, 0) is 38.2 Å². The van der Waals surface area contributed by atoms with E-state index >= 15 is 0 Å². The number of likely N-dealkylation sites (tertiary alicyclic amines) is 1. The van der Waals surface area contributed by atoms with Gasteiger partial charge in [0.05, 0.1) is 0 Å². The van der Waals surface area contributed by atoms with E-state index in [2.05, 4.69) is 15.1 Å². The summed E-state index contributed by atoms with van der Waals surface area (Å²) >= 11 is 0. The molecule has 2 aromatic heterocycles. The molecule has 4 rings (SSSR count). The number of amides is 1. The van der Waals surface area contributed by atoms with E-state index in [-0.39, 0.29) is 11.3 Å². The van der Waals surface area contributed by atoms with Crippen LogP contribution in [-0.4, -0.2) is 57.7 Å². The second-order valence-corrected chi connectivity index (χ2v) is 7.14. The van der Waals surface area contributed by atoms with E-state index in [0.29, 0.717) is 31.3 Å². The molecule has 8 nitrogen and oxygen atoms in total. The molecule has 3 heterocycles. The van der Waals surface area contributed by atoms with Crippen LogP contribution in [0.1, 0.15) is 60.2 Å². The van der Waals surface area contributed by atoms with E-state index in [0.717, 1.165) is 43.8 Å². The third kappa shape index (κ3) is 3.33. The van der Waals surface area contributed by atoms with Crippen LogP contribution in [0.25, 0.3) is 0 Å². The largest absolute Gasteiger partial charge is 0.385 e. The SMILES string of the molecule is COCCC1(c2noc(C3CC3)n2)CCN(C(=O)c2ccncn2)CC1. The van der Waals surface area contributed by atoms with Crippen molar-refractivity contribution in [3.8, 4) is 0 Å². The van der Waals surface area contributed by atoms with Gasteiger partial charge >= 0.3 is 0 Å². The standard InChI is InChI=1S/C18H23N5O3/c1-25-11-7-18(17-21-15(26-22-17)13-2-3-13)5-9-23(10-6-18)16(24)14-4-8-19-12-20-14/h4,8,12-13H,2-3,5-7,9-11H2,1H3. The molecular formula is C18H23N5O3. The molecule has 2 aromatic rings. The lowest BCUT2D eigenvalue weighted by molar-refractivity contribution is 0.0610. The Morgan fingerprint density at radius 3 is 2.85 bits per heavy atom. The molecule has 0 bridgehead atoms. The molecule has 1 aliphatic heterocycles. The Kier molecular flexibility index (Phi) is 4.67. The molecule has 1 aliphatic carbocycles. The molecule has 0 aromatic carbocycles. The van der Waals surface area contributed by atoms with Crippen molar-refractivity contribution in [3.63, 3.8) is 0 Å². The normalized spacial score (nSPS) is 19.5. The first-order valence-corrected chi connectivity index (χ1v) is 9.10. The van der Waals surface area contributed by atoms with Crippen molar-refractivity contribution in [2.45, 2.75) is 43.4 Å². The van der Waals surface area contributed by atoms with Crippen LogP contribution < -0.4 is 0 Å². The number of hydrogen-bond donors (Lipinski definition) is 0. The maximum Gasteiger partial charge on any atom is 0.272 e. The van der Waals surface area contributed by atoms with E-state index in [4.69, 9.17) is 14.2 Å². The summed E-state index contributed by atoms with van der Waals surface area (Å²) in [7, 11) is 1.70. The molecular weight excluding hydrogens is 334 g/mol. The van der Waals surface area contributed by atoms with Crippen LogP contribution in [0.15, 0.2) is 23.1 Å². The average Bonchev–Trinajstić information content (AvgIpc) is 3.43. The van der Waals surface area contributed by atoms with Gasteiger partial charge < -0.3 is 14.2 Å². The second kappa shape index (κ2) is 7.11. The summed E-state index contributed by atoms with van der Waals surface area (Å²) in [4.78, 5) is 27.1. The number of piperidine rings is 1. The van der Waals surface area contributed by atoms with Crippen molar-refractivity contribution in [3.05, 3.63) is 36.0 Å². The monoisotopic (exact) mass is 357 g/mol. The zero-order valence-corrected chi connectivity index (χ0v) is 14.9. The average molecular weight is 357 g/mol. The van der Waals surface area contributed by atoms with E-state index < -0.39 is 0 Å². The Bertz CT molecular complexity index is 751. The summed E-state index contributed by atoms with van der Waals surface area (Å²) in [6.45, 7) is 1.91. The molecule has 8 heteroatoms. The zero-order valence-electron chi connectivity index (χ0n) is 14.9. The van der Waals surface area contributed by atoms with Crippen molar-refractivity contribution >= 4 is 5.91 Å². The van der Waals surface area contributed by atoms with Crippen LogP contribution in [0.2, 0.25) is 0 Å². The summed E-state index contributed by atoms with van der Waals surface area (Å²) in [5.74, 6) is 1.91. The lowest BCUT2D eigenvalue weighted by atomic mass is 9.75. The molecule has 1 amide bonds. The van der Waals surface area contributed by atoms with Crippen molar-refractivity contribution < 1.29 is 14.1 Å². The maximum atomic E-state index is 12.6. The van der Waals surface area contributed by atoms with Gasteiger partial charge in [0.25, 0.3) is 5.91 Å². The van der Waals surface area contributed by atoms with E-state index in [1.807, 2.05) is 4.90 Å². The second-order valence-electron chi connectivity index (χ2n) is 7.14. The molecule has 0 radical (unpaired) electrons. The van der Waals surface area contributed by atoms with Crippen molar-refractivity contribution in [2.75, 3.05) is 26.8 Å². The summed E-state index contributed by atoms with van der Waals surface area (Å²) in [5.41, 5.74) is 0.231. The van der Waals surface area contributed by atoms with Crippen LogP contribution in [0.3, 0.4) is 0 Å². The van der Waals surface area contributed by atoms with E-state index in [1.165, 1.54) is 6.33 Å². The molecule has 0 unspecified atom stereocenters. The third-order valence-electron chi connectivity index (χ3n) is 5.44. The quantitative estimate of drug-likeness (QED) is 0.780. The van der Waals surface area contributed by atoms with E-state index in [1.54, 1.807) is 19.4 Å². The third-order valence-corrected chi connectivity index (χ3v) is 5.44. The smallest absolute Gasteiger partial charge is 0.272 e. The highest BCUT2D eigenvalue weighted by atomic mass is 16.5. The predicted molar refractivity (Wildman–Crippen MR) is 91.6 cm³/mol. The minimum Gasteiger partial charge on any atom is -0.385 e. The highest BCUT2D eigenvalue weighted by Gasteiger charge is 2.42. The molecule has 1 saturated carbocycles. The lowest BCUT2D eigenvalue weighted by Gasteiger charge is -2.39. The Labute approximate surface area is 152 Å². The van der Waals surface area contributed by atoms with Crippen molar-refractivity contribution in [1.29, 1.82) is 0 Å². The highest BCUT2D eigenvalue weighted by molar-refractivity contribution is 5.92. The van der Waals surface area contributed by atoms with Gasteiger partial charge in [-0.3, -0.25) is 4.79 Å². The minimum absolute atomic E-state index is 0.0560. The summed E-state index contributed by atoms with van der Waals surface area (Å²) < 4.78 is 10.8. The van der Waals surface area contributed by atoms with Crippen molar-refractivity contribution in [1.82, 2.24) is 25.0 Å². The Hall–Kier alpha value is -2.35. The fraction of sp³-hybridized carbons (Fsp3) is 0.611. The van der Waals surface area contributed by atoms with Crippen LogP contribution in [0.5, 0.6) is 0 Å². The van der Waals surface area contributed by atoms with Gasteiger partial charge in [-0.2, -0.15) is 4.98 Å². The fourth-order valence-corrected chi connectivity index (χ4v) is 3.55. The highest BCUT2D eigenvalue weighted by Crippen LogP contribution is 2.42. The fourth-order valence-electron chi connectivity index (χ4n) is 3.55. The molecule has 2 fully saturated rings. The van der Waals surface area contributed by atoms with Crippen LogP contribution >= 0.6 is 0 Å². The van der Waals surface area contributed by atoms with Crippen molar-refractivity contribution in [2.24, 2.45) is 0 Å². The number of methoxy groups -OCH3 is 1. The van der Waals surface area contributed by atoms with E-state index in [9.17, 15) is 4.79 Å². The first kappa shape index (κ1) is 17.1. The number of ether oxygens (including phenoxy) is 1. The number of carbonyl (C=O) groups is 1. The predicted octanol–water partition coefficient (Wildman–Crippen LogP) is 1.95. The Morgan fingerprint density at radius 1 is 1.38 bits per heavy atom. The molecule has 0 atom stereocenters. The van der Waals surface area contributed by atoms with Gasteiger partial charge in [0.15, 0.2) is 5.82 Å². The summed E-state index contributed by atoms with van der Waals surface area (Å²) in [5, 5.41) is 4.29. The topological polar surface area (TPSA) is 94.2 Å². The molecule has 138 valence electrons. The summed E-state index contributed by atoms with van der Waals surface area (Å²) in [6.07, 6.45) is 7.66. The molecule has 1 saturated heterocycles. The van der Waals surface area contributed by atoms with Gasteiger partial charge in [0.1, 0.15) is 12.0 Å². The zero-order chi connectivity index (χ0) is 18.0. The molecule has 0 N–H and O–H groups in total. The number of nitrogens with zero attached hydrogens (tertiary/aromatic N) is 5. The van der Waals surface area contributed by atoms with Crippen LogP contribution in [-0.2, 0) is 10.2 Å². The number of carbonyl (C=O) groups excluding carboxylic acids is 1. The number of hydrogen-bond acceptors (Lipinski definition) is 7. The Morgan fingerprint density at radius 2 is 2.19 bits per heavy atom. The van der Waals surface area contributed by atoms with Gasteiger partial charge in [-0.25, -0.2) is 9.97 Å². The first-order valence-electron chi connectivity index (χ1n) is 9.10. The van der Waals surface area contributed by atoms with Gasteiger partial charge in [0.2, 0.25) is 5.89 Å². The van der Waals surface area contributed by atoms with Gasteiger partial charge in [-0.1, -0.05) is 5.16 Å². The van der Waals surface area contributed by atoms with Crippen LogP contribution in [0, 0.1) is 0 Å². The number of rotatable bonds is 6.